The summed E-state index contributed by atoms with van der Waals surface area (Å²) in [5.74, 6) is 0.699. The molecule has 5 heteroatoms. The van der Waals surface area contributed by atoms with Gasteiger partial charge in [-0.1, -0.05) is 23.2 Å². The lowest BCUT2D eigenvalue weighted by Crippen LogP contribution is -2.08. The molecule has 2 aromatic rings. The summed E-state index contributed by atoms with van der Waals surface area (Å²) in [4.78, 5) is 12.4. The highest BCUT2D eigenvalue weighted by Crippen LogP contribution is 2.34. The van der Waals surface area contributed by atoms with E-state index in [4.69, 9.17) is 33.7 Å². The number of anilines is 1. The van der Waals surface area contributed by atoms with E-state index in [-0.39, 0.29) is 12.2 Å². The number of carbonyl (C=O) groups is 1. The van der Waals surface area contributed by atoms with Crippen molar-refractivity contribution >= 4 is 34.7 Å². The maximum atomic E-state index is 12.4. The molecule has 0 atom stereocenters. The van der Waals surface area contributed by atoms with Gasteiger partial charge in [-0.15, -0.1) is 0 Å². The van der Waals surface area contributed by atoms with Gasteiger partial charge in [0.25, 0.3) is 0 Å². The Balaban J connectivity index is 1.92. The first-order valence-electron chi connectivity index (χ1n) is 6.57. The Bertz CT molecular complexity index is 728. The molecule has 0 fully saturated rings. The molecule has 0 aromatic heterocycles. The Morgan fingerprint density at radius 1 is 1.19 bits per heavy atom. The molecule has 3 rings (SSSR count). The third kappa shape index (κ3) is 2.85. The smallest absolute Gasteiger partial charge is 0.169 e. The molecule has 0 bridgehead atoms. The molecule has 0 saturated heterocycles. The second-order valence-electron chi connectivity index (χ2n) is 4.98. The molecule has 3 nitrogen and oxygen atoms in total. The van der Waals surface area contributed by atoms with Crippen LogP contribution in [0.1, 0.15) is 21.5 Å². The zero-order valence-electron chi connectivity index (χ0n) is 11.2. The quantitative estimate of drug-likeness (QED) is 0.688. The Labute approximate surface area is 132 Å². The second kappa shape index (κ2) is 5.58. The summed E-state index contributed by atoms with van der Waals surface area (Å²) in [7, 11) is 0. The van der Waals surface area contributed by atoms with E-state index in [0.717, 1.165) is 23.3 Å². The first kappa shape index (κ1) is 14.2. The van der Waals surface area contributed by atoms with Gasteiger partial charge >= 0.3 is 0 Å². The lowest BCUT2D eigenvalue weighted by molar-refractivity contribution is 0.0993. The molecular weight excluding hydrogens is 309 g/mol. The van der Waals surface area contributed by atoms with Gasteiger partial charge in [-0.05, 0) is 35.9 Å². The summed E-state index contributed by atoms with van der Waals surface area (Å²) in [6.07, 6.45) is 1.02. The van der Waals surface area contributed by atoms with Crippen molar-refractivity contribution in [3.63, 3.8) is 0 Å². The maximum absolute atomic E-state index is 12.4. The van der Waals surface area contributed by atoms with Crippen LogP contribution in [0.2, 0.25) is 10.0 Å². The highest BCUT2D eigenvalue weighted by Gasteiger charge is 2.20. The fraction of sp³-hybridized carbons (Fsp3) is 0.188. The van der Waals surface area contributed by atoms with Crippen molar-refractivity contribution < 1.29 is 9.53 Å². The van der Waals surface area contributed by atoms with Gasteiger partial charge in [0.05, 0.1) is 6.61 Å². The van der Waals surface area contributed by atoms with E-state index < -0.39 is 0 Å². The summed E-state index contributed by atoms with van der Waals surface area (Å²) in [5.41, 5.74) is 8.55. The van der Waals surface area contributed by atoms with Crippen molar-refractivity contribution in [3.8, 4) is 5.75 Å². The molecule has 1 aliphatic rings. The standard InChI is InChI=1S/C16H13Cl2NO2/c17-11-1-2-13(14(19)8-11)15(20)7-10-6-12(18)5-9-3-4-21-16(9)10/h1-2,5-6,8H,3-4,7,19H2. The number of rotatable bonds is 3. The lowest BCUT2D eigenvalue weighted by Gasteiger charge is -2.10. The zero-order chi connectivity index (χ0) is 15.0. The van der Waals surface area contributed by atoms with Gasteiger partial charge in [0.2, 0.25) is 0 Å². The normalized spacial score (nSPS) is 12.9. The Morgan fingerprint density at radius 2 is 2.00 bits per heavy atom. The van der Waals surface area contributed by atoms with Crippen molar-refractivity contribution in [1.82, 2.24) is 0 Å². The average molecular weight is 322 g/mol. The van der Waals surface area contributed by atoms with Crippen LogP contribution in [0.5, 0.6) is 5.75 Å². The lowest BCUT2D eigenvalue weighted by atomic mass is 9.99. The number of fused-ring (bicyclic) bond motifs is 1. The highest BCUT2D eigenvalue weighted by atomic mass is 35.5. The molecule has 2 aromatic carbocycles. The number of benzene rings is 2. The number of hydrogen-bond donors (Lipinski definition) is 1. The molecule has 108 valence electrons. The molecule has 0 spiro atoms. The van der Waals surface area contributed by atoms with Crippen LogP contribution in [0, 0.1) is 0 Å². The minimum absolute atomic E-state index is 0.0795. The van der Waals surface area contributed by atoms with Crippen molar-refractivity contribution in [1.29, 1.82) is 0 Å². The molecule has 0 radical (unpaired) electrons. The van der Waals surface area contributed by atoms with Crippen LogP contribution in [0.4, 0.5) is 5.69 Å². The Kier molecular flexibility index (Phi) is 3.79. The van der Waals surface area contributed by atoms with Gasteiger partial charge in [-0.3, -0.25) is 4.79 Å². The van der Waals surface area contributed by atoms with Crippen molar-refractivity contribution in [2.45, 2.75) is 12.8 Å². The maximum Gasteiger partial charge on any atom is 0.169 e. The number of ketones is 1. The van der Waals surface area contributed by atoms with Gasteiger partial charge in [0.15, 0.2) is 5.78 Å². The van der Waals surface area contributed by atoms with E-state index in [1.54, 1.807) is 24.3 Å². The van der Waals surface area contributed by atoms with Crippen LogP contribution in [0.3, 0.4) is 0 Å². The van der Waals surface area contributed by atoms with Gasteiger partial charge in [-0.25, -0.2) is 0 Å². The molecule has 2 N–H and O–H groups in total. The first-order chi connectivity index (χ1) is 10.0. The van der Waals surface area contributed by atoms with Crippen LogP contribution in [-0.2, 0) is 12.8 Å². The van der Waals surface area contributed by atoms with Gasteiger partial charge in [0.1, 0.15) is 5.75 Å². The molecule has 0 amide bonds. The van der Waals surface area contributed by atoms with E-state index >= 15 is 0 Å². The highest BCUT2D eigenvalue weighted by molar-refractivity contribution is 6.31. The monoisotopic (exact) mass is 321 g/mol. The Morgan fingerprint density at radius 3 is 2.76 bits per heavy atom. The van der Waals surface area contributed by atoms with Gasteiger partial charge in [0, 0.05) is 39.7 Å². The number of hydrogen-bond acceptors (Lipinski definition) is 3. The summed E-state index contributed by atoms with van der Waals surface area (Å²) in [6, 6.07) is 8.54. The molecular formula is C16H13Cl2NO2. The van der Waals surface area contributed by atoms with E-state index in [2.05, 4.69) is 0 Å². The predicted octanol–water partition coefficient (Wildman–Crippen LogP) is 3.94. The fourth-order valence-corrected chi connectivity index (χ4v) is 2.98. The molecule has 21 heavy (non-hydrogen) atoms. The van der Waals surface area contributed by atoms with Crippen molar-refractivity contribution in [3.05, 3.63) is 57.1 Å². The third-order valence-corrected chi connectivity index (χ3v) is 3.94. The van der Waals surface area contributed by atoms with E-state index in [1.807, 2.05) is 6.07 Å². The second-order valence-corrected chi connectivity index (χ2v) is 5.86. The van der Waals surface area contributed by atoms with Crippen LogP contribution < -0.4 is 10.5 Å². The summed E-state index contributed by atoms with van der Waals surface area (Å²) in [6.45, 7) is 0.625. The largest absolute Gasteiger partial charge is 0.493 e. The van der Waals surface area contributed by atoms with Crippen molar-refractivity contribution in [2.75, 3.05) is 12.3 Å². The van der Waals surface area contributed by atoms with Crippen LogP contribution in [0.15, 0.2) is 30.3 Å². The van der Waals surface area contributed by atoms with E-state index in [9.17, 15) is 4.79 Å². The predicted molar refractivity (Wildman–Crippen MR) is 84.5 cm³/mol. The molecule has 0 saturated carbocycles. The minimum Gasteiger partial charge on any atom is -0.493 e. The van der Waals surface area contributed by atoms with Crippen LogP contribution >= 0.6 is 23.2 Å². The topological polar surface area (TPSA) is 52.3 Å². The van der Waals surface area contributed by atoms with E-state index in [1.165, 1.54) is 0 Å². The summed E-state index contributed by atoms with van der Waals surface area (Å²) in [5, 5.41) is 1.13. The molecule has 1 heterocycles. The zero-order valence-corrected chi connectivity index (χ0v) is 12.7. The fourth-order valence-electron chi connectivity index (χ4n) is 2.53. The van der Waals surface area contributed by atoms with Crippen LogP contribution in [0.25, 0.3) is 0 Å². The molecule has 1 aliphatic heterocycles. The summed E-state index contributed by atoms with van der Waals surface area (Å²) >= 11 is 12.0. The summed E-state index contributed by atoms with van der Waals surface area (Å²) < 4.78 is 5.61. The van der Waals surface area contributed by atoms with Gasteiger partial charge in [-0.2, -0.15) is 0 Å². The number of ether oxygens (including phenoxy) is 1. The SMILES string of the molecule is Nc1cc(Cl)ccc1C(=O)Cc1cc(Cl)cc2c1OCC2. The number of nitrogens with two attached hydrogens (primary N) is 1. The number of halogens is 2. The molecule has 0 unspecified atom stereocenters. The Hall–Kier alpha value is -1.71. The van der Waals surface area contributed by atoms with Crippen LogP contribution in [-0.4, -0.2) is 12.4 Å². The minimum atomic E-state index is -0.0795. The van der Waals surface area contributed by atoms with Gasteiger partial charge < -0.3 is 10.5 Å². The number of nitrogen functional groups attached to an aromatic ring is 1. The van der Waals surface area contributed by atoms with E-state index in [0.29, 0.717) is 27.9 Å². The van der Waals surface area contributed by atoms with Crippen molar-refractivity contribution in [2.24, 2.45) is 0 Å². The molecule has 0 aliphatic carbocycles. The average Bonchev–Trinajstić information content (AvgIpc) is 2.86. The first-order valence-corrected chi connectivity index (χ1v) is 7.32. The number of carbonyl (C=O) groups excluding carboxylic acids is 1. The number of Topliss-reactive ketones (excluding diaryl/α,β-unsaturated/α-hetero) is 1. The third-order valence-electron chi connectivity index (χ3n) is 3.49.